The number of hydrogen-bond donors (Lipinski definition) is 3. The van der Waals surface area contributed by atoms with Crippen LogP contribution in [0.25, 0.3) is 0 Å². The zero-order chi connectivity index (χ0) is 13.2. The number of benzene rings is 1. The second-order valence-electron chi connectivity index (χ2n) is 4.81. The summed E-state index contributed by atoms with van der Waals surface area (Å²) in [5.74, 6) is -0.275. The summed E-state index contributed by atoms with van der Waals surface area (Å²) in [6.07, 6.45) is 3.64. The first-order valence-corrected chi connectivity index (χ1v) is 6.43. The number of nitrogens with one attached hydrogen (secondary N) is 1. The fraction of sp³-hybridized carbons (Fsp3) is 0.462. The highest BCUT2D eigenvalue weighted by atomic mass is 35.5. The lowest BCUT2D eigenvalue weighted by Gasteiger charge is -2.28. The third-order valence-electron chi connectivity index (χ3n) is 3.52. The van der Waals surface area contributed by atoms with E-state index in [1.165, 1.54) is 0 Å². The van der Waals surface area contributed by atoms with Gasteiger partial charge in [-0.3, -0.25) is 4.79 Å². The largest absolute Gasteiger partial charge is 0.398 e. The summed E-state index contributed by atoms with van der Waals surface area (Å²) in [6, 6.07) is 4.97. The van der Waals surface area contributed by atoms with Crippen LogP contribution in [-0.4, -0.2) is 23.2 Å². The first-order valence-electron chi connectivity index (χ1n) is 6.05. The van der Waals surface area contributed by atoms with Gasteiger partial charge in [-0.2, -0.15) is 0 Å². The molecule has 0 saturated heterocycles. The zero-order valence-corrected chi connectivity index (χ0v) is 10.8. The first kappa shape index (κ1) is 13.2. The summed E-state index contributed by atoms with van der Waals surface area (Å²) in [6.45, 7) is -0.0430. The predicted molar refractivity (Wildman–Crippen MR) is 71.6 cm³/mol. The molecule has 0 aliphatic heterocycles. The van der Waals surface area contributed by atoms with E-state index in [9.17, 15) is 9.90 Å². The first-order chi connectivity index (χ1) is 8.58. The molecule has 4 nitrogen and oxygen atoms in total. The van der Waals surface area contributed by atoms with Gasteiger partial charge in [0.25, 0.3) is 5.91 Å². The van der Waals surface area contributed by atoms with Crippen molar-refractivity contribution >= 4 is 23.2 Å². The van der Waals surface area contributed by atoms with Gasteiger partial charge in [0, 0.05) is 0 Å². The van der Waals surface area contributed by atoms with Crippen molar-refractivity contribution in [2.45, 2.75) is 31.2 Å². The van der Waals surface area contributed by atoms with Gasteiger partial charge in [-0.15, -0.1) is 0 Å². The Bertz CT molecular complexity index is 456. The molecule has 0 unspecified atom stereocenters. The minimum atomic E-state index is -0.495. The monoisotopic (exact) mass is 268 g/mol. The van der Waals surface area contributed by atoms with Crippen molar-refractivity contribution < 1.29 is 9.90 Å². The molecule has 98 valence electrons. The van der Waals surface area contributed by atoms with Gasteiger partial charge in [0.2, 0.25) is 0 Å². The lowest BCUT2D eigenvalue weighted by atomic mass is 9.98. The van der Waals surface area contributed by atoms with Gasteiger partial charge in [0.15, 0.2) is 0 Å². The highest BCUT2D eigenvalue weighted by Gasteiger charge is 2.35. The Balaban J connectivity index is 2.19. The van der Waals surface area contributed by atoms with Crippen LogP contribution in [0.4, 0.5) is 5.69 Å². The molecule has 0 spiro atoms. The second kappa shape index (κ2) is 5.16. The second-order valence-corrected chi connectivity index (χ2v) is 5.19. The van der Waals surface area contributed by atoms with Gasteiger partial charge >= 0.3 is 0 Å². The Morgan fingerprint density at radius 1 is 1.44 bits per heavy atom. The Morgan fingerprint density at radius 2 is 2.11 bits per heavy atom. The standard InChI is InChI=1S/C13H17ClN2O2/c14-11-9(4-3-5-10(11)15)12(18)16-13(8-17)6-1-2-7-13/h3-5,17H,1-2,6-8,15H2,(H,16,18). The van der Waals surface area contributed by atoms with Crippen molar-refractivity contribution in [2.75, 3.05) is 12.3 Å². The molecule has 1 aromatic carbocycles. The predicted octanol–water partition coefficient (Wildman–Crippen LogP) is 1.96. The maximum atomic E-state index is 12.2. The van der Waals surface area contributed by atoms with Gasteiger partial charge in [0.1, 0.15) is 0 Å². The minimum Gasteiger partial charge on any atom is -0.398 e. The summed E-state index contributed by atoms with van der Waals surface area (Å²) in [4.78, 5) is 12.2. The molecular formula is C13H17ClN2O2. The average molecular weight is 269 g/mol. The maximum Gasteiger partial charge on any atom is 0.253 e. The summed E-state index contributed by atoms with van der Waals surface area (Å²) in [5.41, 5.74) is 5.92. The van der Waals surface area contributed by atoms with E-state index in [1.807, 2.05) is 0 Å². The average Bonchev–Trinajstić information content (AvgIpc) is 2.81. The van der Waals surface area contributed by atoms with Gasteiger partial charge in [-0.1, -0.05) is 30.5 Å². The topological polar surface area (TPSA) is 75.4 Å². The number of halogens is 1. The fourth-order valence-corrected chi connectivity index (χ4v) is 2.62. The number of anilines is 1. The molecule has 4 N–H and O–H groups in total. The molecule has 0 atom stereocenters. The van der Waals surface area contributed by atoms with Crippen LogP contribution in [0.2, 0.25) is 5.02 Å². The summed E-state index contributed by atoms with van der Waals surface area (Å²) < 4.78 is 0. The number of amides is 1. The Labute approximate surface area is 111 Å². The molecule has 1 amide bonds. The van der Waals surface area contributed by atoms with Crippen LogP contribution >= 0.6 is 11.6 Å². The number of carbonyl (C=O) groups is 1. The van der Waals surface area contributed by atoms with Crippen molar-refractivity contribution in [1.82, 2.24) is 5.32 Å². The van der Waals surface area contributed by atoms with Crippen LogP contribution in [0.5, 0.6) is 0 Å². The maximum absolute atomic E-state index is 12.2. The highest BCUT2D eigenvalue weighted by molar-refractivity contribution is 6.36. The molecule has 1 aliphatic rings. The summed E-state index contributed by atoms with van der Waals surface area (Å²) in [7, 11) is 0. The van der Waals surface area contributed by atoms with E-state index < -0.39 is 5.54 Å². The molecule has 1 aromatic rings. The van der Waals surface area contributed by atoms with Gasteiger partial charge in [-0.05, 0) is 25.0 Å². The normalized spacial score (nSPS) is 17.7. The SMILES string of the molecule is Nc1cccc(C(=O)NC2(CO)CCCC2)c1Cl. The number of carbonyl (C=O) groups excluding carboxylic acids is 1. The molecule has 0 aromatic heterocycles. The van der Waals surface area contributed by atoms with Crippen LogP contribution < -0.4 is 11.1 Å². The van der Waals surface area contributed by atoms with Gasteiger partial charge in [0.05, 0.1) is 28.4 Å². The van der Waals surface area contributed by atoms with Crippen LogP contribution in [0.15, 0.2) is 18.2 Å². The number of nitrogen functional groups attached to an aromatic ring is 1. The number of aliphatic hydroxyl groups excluding tert-OH is 1. The summed E-state index contributed by atoms with van der Waals surface area (Å²) >= 11 is 6.01. The van der Waals surface area contributed by atoms with Gasteiger partial charge in [-0.25, -0.2) is 0 Å². The zero-order valence-electron chi connectivity index (χ0n) is 10.1. The van der Waals surface area contributed by atoms with Crippen molar-refractivity contribution in [1.29, 1.82) is 0 Å². The highest BCUT2D eigenvalue weighted by Crippen LogP contribution is 2.30. The van der Waals surface area contributed by atoms with Crippen molar-refractivity contribution in [3.05, 3.63) is 28.8 Å². The molecule has 2 rings (SSSR count). The number of aliphatic hydroxyl groups is 1. The fourth-order valence-electron chi connectivity index (χ4n) is 2.41. The van der Waals surface area contributed by atoms with E-state index in [-0.39, 0.29) is 17.5 Å². The van der Waals surface area contributed by atoms with Crippen molar-refractivity contribution in [2.24, 2.45) is 0 Å². The molecule has 1 fully saturated rings. The van der Waals surface area contributed by atoms with Crippen LogP contribution in [-0.2, 0) is 0 Å². The van der Waals surface area contributed by atoms with E-state index >= 15 is 0 Å². The van der Waals surface area contributed by atoms with Crippen LogP contribution in [0.3, 0.4) is 0 Å². The smallest absolute Gasteiger partial charge is 0.253 e. The minimum absolute atomic E-state index is 0.0430. The lowest BCUT2D eigenvalue weighted by Crippen LogP contribution is -2.49. The van der Waals surface area contributed by atoms with E-state index in [0.717, 1.165) is 25.7 Å². The van der Waals surface area contributed by atoms with E-state index in [0.29, 0.717) is 11.3 Å². The van der Waals surface area contributed by atoms with E-state index in [2.05, 4.69) is 5.32 Å². The van der Waals surface area contributed by atoms with E-state index in [4.69, 9.17) is 17.3 Å². The molecular weight excluding hydrogens is 252 g/mol. The number of hydrogen-bond acceptors (Lipinski definition) is 3. The Kier molecular flexibility index (Phi) is 3.78. The number of nitrogens with two attached hydrogens (primary N) is 1. The Morgan fingerprint density at radius 3 is 2.72 bits per heavy atom. The molecule has 0 radical (unpaired) electrons. The molecule has 5 heteroatoms. The lowest BCUT2D eigenvalue weighted by molar-refractivity contribution is 0.0838. The molecule has 18 heavy (non-hydrogen) atoms. The van der Waals surface area contributed by atoms with E-state index in [1.54, 1.807) is 18.2 Å². The van der Waals surface area contributed by atoms with Crippen LogP contribution in [0.1, 0.15) is 36.0 Å². The molecule has 1 aliphatic carbocycles. The third-order valence-corrected chi connectivity index (χ3v) is 3.94. The molecule has 0 bridgehead atoms. The van der Waals surface area contributed by atoms with Crippen LogP contribution in [0, 0.1) is 0 Å². The van der Waals surface area contributed by atoms with Crippen molar-refractivity contribution in [3.63, 3.8) is 0 Å². The van der Waals surface area contributed by atoms with Crippen molar-refractivity contribution in [3.8, 4) is 0 Å². The molecule has 1 saturated carbocycles. The molecule has 0 heterocycles. The number of rotatable bonds is 3. The quantitative estimate of drug-likeness (QED) is 0.734. The van der Waals surface area contributed by atoms with Gasteiger partial charge < -0.3 is 16.2 Å². The summed E-state index contributed by atoms with van der Waals surface area (Å²) in [5, 5.41) is 12.6. The third kappa shape index (κ3) is 2.44. The Hall–Kier alpha value is -1.26.